The second kappa shape index (κ2) is 9.00. The van der Waals surface area contributed by atoms with Gasteiger partial charge in [0.25, 0.3) is 5.91 Å². The molecule has 0 radical (unpaired) electrons. The Morgan fingerprint density at radius 2 is 1.77 bits per heavy atom. The van der Waals surface area contributed by atoms with E-state index in [1.807, 2.05) is 6.92 Å². The fourth-order valence-corrected chi connectivity index (χ4v) is 8.14. The van der Waals surface area contributed by atoms with Gasteiger partial charge in [-0.05, 0) is 83.6 Å². The van der Waals surface area contributed by atoms with E-state index in [-0.39, 0.29) is 34.3 Å². The molecule has 4 aliphatic rings. The topological polar surface area (TPSA) is 155 Å². The molecule has 13 nitrogen and oxygen atoms in total. The van der Waals surface area contributed by atoms with Crippen LogP contribution in [0.1, 0.15) is 61.1 Å². The van der Waals surface area contributed by atoms with Crippen molar-refractivity contribution in [2.24, 2.45) is 31.3 Å². The third-order valence-corrected chi connectivity index (χ3v) is 9.47. The van der Waals surface area contributed by atoms with Crippen LogP contribution in [0.3, 0.4) is 0 Å². The van der Waals surface area contributed by atoms with Crippen molar-refractivity contribution in [2.45, 2.75) is 57.4 Å². The Morgan fingerprint density at radius 3 is 2.38 bits per heavy atom. The highest BCUT2D eigenvalue weighted by atomic mass is 79.9. The number of halogens is 1. The molecule has 3 aromatic heterocycles. The highest BCUT2D eigenvalue weighted by molar-refractivity contribution is 9.10. The second-order valence-corrected chi connectivity index (χ2v) is 12.5. The molecular formula is C25H30BrN9O4. The molecule has 4 aliphatic carbocycles. The summed E-state index contributed by atoms with van der Waals surface area (Å²) in [6.07, 6.45) is 10.7. The Hall–Kier alpha value is -3.55. The Balaban J connectivity index is 1.21. The van der Waals surface area contributed by atoms with Crippen molar-refractivity contribution in [2.75, 3.05) is 10.6 Å². The molecule has 2 N–H and O–H groups in total. The van der Waals surface area contributed by atoms with Gasteiger partial charge in [0.1, 0.15) is 10.2 Å². The number of nitrogens with zero attached hydrogens (tertiary/aromatic N) is 7. The molecule has 2 unspecified atom stereocenters. The zero-order valence-electron chi connectivity index (χ0n) is 22.0. The maximum absolute atomic E-state index is 13.5. The van der Waals surface area contributed by atoms with Crippen molar-refractivity contribution in [1.29, 1.82) is 0 Å². The molecule has 14 heteroatoms. The SMILES string of the molecule is Cc1c(NC(=O)c2c(NC(=O)CC34CC5CC(C3)CC(n3cc(Br)c([N+](=O)[O-])n3)(C5)C4)cnn2C)cnn1C. The van der Waals surface area contributed by atoms with Gasteiger partial charge in [0, 0.05) is 20.5 Å². The molecule has 39 heavy (non-hydrogen) atoms. The van der Waals surface area contributed by atoms with E-state index in [0.717, 1.165) is 44.2 Å². The van der Waals surface area contributed by atoms with Crippen molar-refractivity contribution in [3.8, 4) is 0 Å². The van der Waals surface area contributed by atoms with Crippen LogP contribution in [0.4, 0.5) is 17.2 Å². The number of amides is 2. The summed E-state index contributed by atoms with van der Waals surface area (Å²) in [5.41, 5.74) is 1.45. The van der Waals surface area contributed by atoms with Crippen LogP contribution in [0.15, 0.2) is 23.1 Å². The van der Waals surface area contributed by atoms with E-state index in [9.17, 15) is 19.7 Å². The molecule has 4 fully saturated rings. The van der Waals surface area contributed by atoms with Crippen LogP contribution >= 0.6 is 15.9 Å². The van der Waals surface area contributed by atoms with Crippen molar-refractivity contribution in [3.05, 3.63) is 44.6 Å². The second-order valence-electron chi connectivity index (χ2n) is 11.7. The Morgan fingerprint density at radius 1 is 1.10 bits per heavy atom. The highest BCUT2D eigenvalue weighted by Crippen LogP contribution is 2.65. The van der Waals surface area contributed by atoms with Crippen LogP contribution in [0.2, 0.25) is 0 Å². The van der Waals surface area contributed by atoms with Crippen LogP contribution in [0.25, 0.3) is 0 Å². The molecule has 4 bridgehead atoms. The smallest absolute Gasteiger partial charge is 0.358 e. The summed E-state index contributed by atoms with van der Waals surface area (Å²) in [5, 5.41) is 30.0. The van der Waals surface area contributed by atoms with Crippen LogP contribution in [0, 0.1) is 34.3 Å². The van der Waals surface area contributed by atoms with E-state index < -0.39 is 4.92 Å². The van der Waals surface area contributed by atoms with Crippen molar-refractivity contribution >= 4 is 44.9 Å². The molecule has 0 spiro atoms. The molecule has 206 valence electrons. The van der Waals surface area contributed by atoms with Gasteiger partial charge in [0.2, 0.25) is 5.91 Å². The Kier molecular flexibility index (Phi) is 5.93. The number of hydrogen-bond acceptors (Lipinski definition) is 7. The molecule has 7 rings (SSSR count). The number of aromatic nitrogens is 6. The zero-order chi connectivity index (χ0) is 27.7. The fraction of sp³-hybridized carbons (Fsp3) is 0.560. The lowest BCUT2D eigenvalue weighted by Crippen LogP contribution is -2.57. The monoisotopic (exact) mass is 599 g/mol. The van der Waals surface area contributed by atoms with E-state index in [2.05, 4.69) is 41.9 Å². The molecule has 3 aromatic rings. The normalized spacial score (nSPS) is 27.1. The number of carbonyl (C=O) groups excluding carboxylic acids is 2. The molecule has 0 aromatic carbocycles. The first kappa shape index (κ1) is 25.7. The standard InChI is InChI=1S/C25H30BrN9O4/c1-14-18(10-27-32(14)2)30-23(37)21-19(11-28-33(21)3)29-20(36)9-24-5-15-4-16(6-24)8-25(7-15,13-24)34-12-17(26)22(31-34)35(38)39/h10-12,15-16H,4-9,13H2,1-3H3,(H,29,36)(H,30,37). The van der Waals surface area contributed by atoms with E-state index in [1.165, 1.54) is 10.9 Å². The molecule has 2 amide bonds. The van der Waals surface area contributed by atoms with Gasteiger partial charge in [-0.3, -0.25) is 19.0 Å². The zero-order valence-corrected chi connectivity index (χ0v) is 23.6. The molecule has 0 aliphatic heterocycles. The lowest BCUT2D eigenvalue weighted by Gasteiger charge is -2.61. The maximum atomic E-state index is 13.5. The van der Waals surface area contributed by atoms with Gasteiger partial charge < -0.3 is 20.7 Å². The van der Waals surface area contributed by atoms with Gasteiger partial charge >= 0.3 is 5.82 Å². The number of aryl methyl sites for hydroxylation is 2. The first-order valence-corrected chi connectivity index (χ1v) is 13.8. The summed E-state index contributed by atoms with van der Waals surface area (Å²) in [4.78, 5) is 37.6. The van der Waals surface area contributed by atoms with Crippen LogP contribution in [-0.2, 0) is 24.4 Å². The summed E-state index contributed by atoms with van der Waals surface area (Å²) < 4.78 is 5.28. The molecule has 0 saturated heterocycles. The lowest BCUT2D eigenvalue weighted by atomic mass is 9.46. The van der Waals surface area contributed by atoms with E-state index >= 15 is 0 Å². The van der Waals surface area contributed by atoms with Crippen LogP contribution in [0.5, 0.6) is 0 Å². The number of anilines is 2. The van der Waals surface area contributed by atoms with Crippen LogP contribution < -0.4 is 10.6 Å². The van der Waals surface area contributed by atoms with Gasteiger partial charge in [0.05, 0.1) is 46.3 Å². The van der Waals surface area contributed by atoms with Crippen molar-refractivity contribution in [1.82, 2.24) is 29.3 Å². The molecule has 4 saturated carbocycles. The molecular weight excluding hydrogens is 570 g/mol. The summed E-state index contributed by atoms with van der Waals surface area (Å²) in [7, 11) is 3.45. The van der Waals surface area contributed by atoms with Gasteiger partial charge in [-0.2, -0.15) is 14.9 Å². The fourth-order valence-electron chi connectivity index (χ4n) is 7.72. The Labute approximate surface area is 232 Å². The predicted molar refractivity (Wildman–Crippen MR) is 144 cm³/mol. The van der Waals surface area contributed by atoms with Crippen LogP contribution in [-0.4, -0.2) is 46.1 Å². The summed E-state index contributed by atoms with van der Waals surface area (Å²) in [5.74, 6) is 0.161. The largest absolute Gasteiger partial charge is 0.404 e. The maximum Gasteiger partial charge on any atom is 0.404 e. The number of nitrogens with one attached hydrogen (secondary N) is 2. The van der Waals surface area contributed by atoms with Crippen molar-refractivity contribution in [3.63, 3.8) is 0 Å². The van der Waals surface area contributed by atoms with E-state index in [0.29, 0.717) is 34.1 Å². The lowest BCUT2D eigenvalue weighted by molar-refractivity contribution is -0.390. The number of hydrogen-bond donors (Lipinski definition) is 2. The van der Waals surface area contributed by atoms with Gasteiger partial charge in [-0.15, -0.1) is 0 Å². The van der Waals surface area contributed by atoms with Crippen molar-refractivity contribution < 1.29 is 14.5 Å². The molecule has 3 heterocycles. The summed E-state index contributed by atoms with van der Waals surface area (Å²) >= 11 is 3.30. The van der Waals surface area contributed by atoms with Gasteiger partial charge in [-0.25, -0.2) is 0 Å². The first-order chi connectivity index (χ1) is 18.5. The van der Waals surface area contributed by atoms with Gasteiger partial charge in [0.15, 0.2) is 0 Å². The average molecular weight is 600 g/mol. The van der Waals surface area contributed by atoms with Gasteiger partial charge in [-0.1, -0.05) is 0 Å². The summed E-state index contributed by atoms with van der Waals surface area (Å²) in [6, 6.07) is 0. The minimum Gasteiger partial charge on any atom is -0.358 e. The summed E-state index contributed by atoms with van der Waals surface area (Å²) in [6.45, 7) is 1.85. The predicted octanol–water partition coefficient (Wildman–Crippen LogP) is 3.91. The third-order valence-electron chi connectivity index (χ3n) is 8.91. The number of carbonyl (C=O) groups is 2. The first-order valence-electron chi connectivity index (χ1n) is 13.0. The average Bonchev–Trinajstić information content (AvgIpc) is 3.51. The minimum absolute atomic E-state index is 0.167. The van der Waals surface area contributed by atoms with E-state index in [4.69, 9.17) is 0 Å². The highest BCUT2D eigenvalue weighted by Gasteiger charge is 2.60. The third kappa shape index (κ3) is 4.34. The number of rotatable bonds is 7. The Bertz CT molecular complexity index is 1490. The minimum atomic E-state index is -0.471. The number of nitro groups is 1. The molecule has 2 atom stereocenters. The quantitative estimate of drug-likeness (QED) is 0.308. The van der Waals surface area contributed by atoms with E-state index in [1.54, 1.807) is 35.9 Å².